The van der Waals surface area contributed by atoms with Crippen molar-refractivity contribution in [1.29, 1.82) is 0 Å². The van der Waals surface area contributed by atoms with Crippen molar-refractivity contribution in [1.82, 2.24) is 14.5 Å². The Morgan fingerprint density at radius 1 is 1.26 bits per heavy atom. The topological polar surface area (TPSA) is 39.9 Å². The summed E-state index contributed by atoms with van der Waals surface area (Å²) in [7, 11) is 0. The van der Waals surface area contributed by atoms with Crippen molar-refractivity contribution in [2.75, 3.05) is 0 Å². The maximum Gasteiger partial charge on any atom is 0.181 e. The number of hydrogen-bond donors (Lipinski definition) is 0. The molecular formula is C19H25N3O. The zero-order chi connectivity index (χ0) is 16.1. The summed E-state index contributed by atoms with van der Waals surface area (Å²) >= 11 is 0. The van der Waals surface area contributed by atoms with Gasteiger partial charge >= 0.3 is 0 Å². The molecule has 0 atom stereocenters. The van der Waals surface area contributed by atoms with Crippen LogP contribution in [0.15, 0.2) is 24.8 Å². The van der Waals surface area contributed by atoms with Gasteiger partial charge in [-0.15, -0.1) is 0 Å². The van der Waals surface area contributed by atoms with Gasteiger partial charge in [-0.1, -0.05) is 20.8 Å². The highest BCUT2D eigenvalue weighted by molar-refractivity contribution is 5.50. The van der Waals surface area contributed by atoms with Crippen LogP contribution in [0.5, 0.6) is 5.75 Å². The standard InChI is InChI=1S/C19H25N3O/c1-18(2,3)12-15-11-14-5-8-19(6-4-7-19)23-16(14)17(21-15)22-10-9-20-13-22/h9-11,13H,4-8,12H2,1-3H3. The SMILES string of the molecule is CC(C)(C)Cc1cc2c(c(-n3ccnc3)n1)OC1(CCC1)CC2. The summed E-state index contributed by atoms with van der Waals surface area (Å²) < 4.78 is 8.47. The van der Waals surface area contributed by atoms with Gasteiger partial charge in [-0.3, -0.25) is 4.57 Å². The highest BCUT2D eigenvalue weighted by atomic mass is 16.5. The van der Waals surface area contributed by atoms with Gasteiger partial charge < -0.3 is 4.74 Å². The first-order chi connectivity index (χ1) is 10.9. The average Bonchev–Trinajstić information content (AvgIpc) is 2.96. The van der Waals surface area contributed by atoms with Crippen LogP contribution in [0.3, 0.4) is 0 Å². The number of aromatic nitrogens is 3. The first kappa shape index (κ1) is 14.7. The fourth-order valence-corrected chi connectivity index (χ4v) is 3.67. The molecule has 0 bridgehead atoms. The van der Waals surface area contributed by atoms with Gasteiger partial charge in [-0.2, -0.15) is 0 Å². The van der Waals surface area contributed by atoms with E-state index in [0.717, 1.165) is 36.5 Å². The Morgan fingerprint density at radius 3 is 2.70 bits per heavy atom. The van der Waals surface area contributed by atoms with E-state index in [9.17, 15) is 0 Å². The van der Waals surface area contributed by atoms with Gasteiger partial charge in [0.25, 0.3) is 0 Å². The molecule has 4 nitrogen and oxygen atoms in total. The van der Waals surface area contributed by atoms with Crippen molar-refractivity contribution in [2.45, 2.75) is 64.9 Å². The molecule has 2 aliphatic rings. The molecule has 0 saturated heterocycles. The van der Waals surface area contributed by atoms with E-state index < -0.39 is 0 Å². The third-order valence-electron chi connectivity index (χ3n) is 4.98. The van der Waals surface area contributed by atoms with Crippen molar-refractivity contribution in [3.8, 4) is 11.6 Å². The Hall–Kier alpha value is -1.84. The Morgan fingerprint density at radius 2 is 2.09 bits per heavy atom. The van der Waals surface area contributed by atoms with Crippen LogP contribution in [-0.2, 0) is 12.8 Å². The number of ether oxygens (including phenoxy) is 1. The lowest BCUT2D eigenvalue weighted by molar-refractivity contribution is -0.0253. The third kappa shape index (κ3) is 2.75. The smallest absolute Gasteiger partial charge is 0.181 e. The lowest BCUT2D eigenvalue weighted by Gasteiger charge is -2.45. The molecule has 0 amide bonds. The van der Waals surface area contributed by atoms with E-state index in [1.165, 1.54) is 24.8 Å². The predicted octanol–water partition coefficient (Wildman–Crippen LogP) is 4.10. The highest BCUT2D eigenvalue weighted by Gasteiger charge is 2.43. The van der Waals surface area contributed by atoms with Gasteiger partial charge in [0, 0.05) is 23.7 Å². The second kappa shape index (κ2) is 5.08. The zero-order valence-corrected chi connectivity index (χ0v) is 14.3. The fraction of sp³-hybridized carbons (Fsp3) is 0.579. The molecule has 23 heavy (non-hydrogen) atoms. The first-order valence-corrected chi connectivity index (χ1v) is 8.64. The largest absolute Gasteiger partial charge is 0.483 e. The summed E-state index contributed by atoms with van der Waals surface area (Å²) in [5.74, 6) is 1.89. The van der Waals surface area contributed by atoms with Gasteiger partial charge in [-0.25, -0.2) is 9.97 Å². The number of fused-ring (bicyclic) bond motifs is 1. The van der Waals surface area contributed by atoms with Gasteiger partial charge in [0.05, 0.1) is 0 Å². The van der Waals surface area contributed by atoms with Gasteiger partial charge in [0.15, 0.2) is 11.6 Å². The molecule has 1 aliphatic carbocycles. The van der Waals surface area contributed by atoms with E-state index >= 15 is 0 Å². The van der Waals surface area contributed by atoms with Crippen LogP contribution >= 0.6 is 0 Å². The molecule has 1 aliphatic heterocycles. The normalized spacial score (nSPS) is 19.1. The van der Waals surface area contributed by atoms with Crippen LogP contribution < -0.4 is 4.74 Å². The molecule has 122 valence electrons. The molecule has 0 N–H and O–H groups in total. The maximum absolute atomic E-state index is 6.48. The molecular weight excluding hydrogens is 286 g/mol. The number of pyridine rings is 1. The van der Waals surface area contributed by atoms with Crippen molar-refractivity contribution in [3.05, 3.63) is 36.0 Å². The molecule has 2 aromatic heterocycles. The maximum atomic E-state index is 6.48. The second-order valence-electron chi connectivity index (χ2n) is 8.27. The van der Waals surface area contributed by atoms with Crippen LogP contribution in [0, 0.1) is 5.41 Å². The van der Waals surface area contributed by atoms with Crippen LogP contribution in [0.25, 0.3) is 5.82 Å². The minimum absolute atomic E-state index is 0.0789. The van der Waals surface area contributed by atoms with Crippen LogP contribution in [0.4, 0.5) is 0 Å². The molecule has 0 aromatic carbocycles. The van der Waals surface area contributed by atoms with Crippen molar-refractivity contribution in [2.24, 2.45) is 5.41 Å². The summed E-state index contributed by atoms with van der Waals surface area (Å²) in [6.45, 7) is 6.76. The summed E-state index contributed by atoms with van der Waals surface area (Å²) in [4.78, 5) is 9.13. The van der Waals surface area contributed by atoms with E-state index in [1.807, 2.05) is 17.1 Å². The molecule has 2 aromatic rings. The Kier molecular flexibility index (Phi) is 3.26. The van der Waals surface area contributed by atoms with Crippen molar-refractivity contribution in [3.63, 3.8) is 0 Å². The van der Waals surface area contributed by atoms with Gasteiger partial charge in [0.2, 0.25) is 0 Å². The molecule has 1 saturated carbocycles. The summed E-state index contributed by atoms with van der Waals surface area (Å²) in [5, 5.41) is 0. The van der Waals surface area contributed by atoms with Crippen LogP contribution in [-0.4, -0.2) is 20.1 Å². The molecule has 0 radical (unpaired) electrons. The third-order valence-corrected chi connectivity index (χ3v) is 4.98. The van der Waals surface area contributed by atoms with Crippen LogP contribution in [0.1, 0.15) is 57.7 Å². The second-order valence-corrected chi connectivity index (χ2v) is 8.27. The van der Waals surface area contributed by atoms with E-state index in [1.54, 1.807) is 6.20 Å². The summed E-state index contributed by atoms with van der Waals surface area (Å²) in [5.41, 5.74) is 2.75. The molecule has 1 fully saturated rings. The molecule has 0 unspecified atom stereocenters. The van der Waals surface area contributed by atoms with E-state index in [2.05, 4.69) is 31.8 Å². The lowest BCUT2D eigenvalue weighted by atomic mass is 9.74. The number of rotatable bonds is 2. The van der Waals surface area contributed by atoms with Gasteiger partial charge in [-0.05, 0) is 50.0 Å². The molecule has 3 heterocycles. The van der Waals surface area contributed by atoms with E-state index in [-0.39, 0.29) is 11.0 Å². The average molecular weight is 311 g/mol. The Labute approximate surface area is 137 Å². The predicted molar refractivity (Wildman–Crippen MR) is 90.0 cm³/mol. The minimum Gasteiger partial charge on any atom is -0.483 e. The molecule has 4 rings (SSSR count). The lowest BCUT2D eigenvalue weighted by Crippen LogP contribution is -2.46. The van der Waals surface area contributed by atoms with Crippen LogP contribution in [0.2, 0.25) is 0 Å². The van der Waals surface area contributed by atoms with E-state index in [0.29, 0.717) is 0 Å². The monoisotopic (exact) mass is 311 g/mol. The summed E-state index contributed by atoms with van der Waals surface area (Å²) in [6.07, 6.45) is 12.4. The van der Waals surface area contributed by atoms with Crippen molar-refractivity contribution < 1.29 is 4.74 Å². The Bertz CT molecular complexity index is 709. The highest BCUT2D eigenvalue weighted by Crippen LogP contribution is 2.46. The number of imidazole rings is 1. The Balaban J connectivity index is 1.79. The number of aryl methyl sites for hydroxylation is 1. The van der Waals surface area contributed by atoms with Crippen molar-refractivity contribution >= 4 is 0 Å². The molecule has 4 heteroatoms. The number of nitrogens with zero attached hydrogens (tertiary/aromatic N) is 3. The fourth-order valence-electron chi connectivity index (χ4n) is 3.67. The zero-order valence-electron chi connectivity index (χ0n) is 14.3. The summed E-state index contributed by atoms with van der Waals surface area (Å²) in [6, 6.07) is 2.26. The first-order valence-electron chi connectivity index (χ1n) is 8.64. The molecule has 1 spiro atoms. The van der Waals surface area contributed by atoms with Gasteiger partial charge in [0.1, 0.15) is 11.9 Å². The quantitative estimate of drug-likeness (QED) is 0.838. The number of hydrogen-bond acceptors (Lipinski definition) is 3. The van der Waals surface area contributed by atoms with E-state index in [4.69, 9.17) is 9.72 Å². The minimum atomic E-state index is 0.0789.